The molecule has 0 saturated heterocycles. The van der Waals surface area contributed by atoms with Crippen LogP contribution in [0.25, 0.3) is 0 Å². The van der Waals surface area contributed by atoms with Gasteiger partial charge in [-0.3, -0.25) is 9.80 Å². The minimum atomic E-state index is -5.43. The number of carbonyl (C=O) groups is 2. The van der Waals surface area contributed by atoms with Gasteiger partial charge in [0.15, 0.2) is 12.6 Å². The van der Waals surface area contributed by atoms with E-state index in [0.717, 1.165) is 24.1 Å². The van der Waals surface area contributed by atoms with E-state index in [-0.39, 0.29) is 22.1 Å². The van der Waals surface area contributed by atoms with Gasteiger partial charge in [-0.05, 0) is 78.8 Å². The Morgan fingerprint density at radius 2 is 1.61 bits per heavy atom. The number of carbonyl (C=O) groups excluding carboxylic acids is 2. The van der Waals surface area contributed by atoms with Gasteiger partial charge in [0, 0.05) is 6.04 Å². The van der Waals surface area contributed by atoms with Crippen molar-refractivity contribution < 1.29 is 58.6 Å². The molecular formula is C29H27F9N2O4. The van der Waals surface area contributed by atoms with E-state index in [1.165, 1.54) is 12.1 Å². The van der Waals surface area contributed by atoms with Crippen molar-refractivity contribution in [3.8, 4) is 0 Å². The predicted octanol–water partition coefficient (Wildman–Crippen LogP) is 8.29. The zero-order chi connectivity index (χ0) is 32.2. The Bertz CT molecular complexity index is 1420. The van der Waals surface area contributed by atoms with Crippen LogP contribution in [0.15, 0.2) is 36.4 Å². The molecule has 15 heteroatoms. The van der Waals surface area contributed by atoms with Gasteiger partial charge in [-0.2, -0.15) is 39.5 Å². The lowest BCUT2D eigenvalue weighted by Crippen LogP contribution is -2.52. The second kappa shape index (κ2) is 11.4. The van der Waals surface area contributed by atoms with Gasteiger partial charge >= 0.3 is 30.7 Å². The number of alkyl halides is 9. The molecule has 1 fully saturated rings. The molecule has 2 aromatic carbocycles. The third-order valence-corrected chi connectivity index (χ3v) is 8.25. The molecule has 2 aromatic rings. The molecule has 2 aliphatic carbocycles. The lowest BCUT2D eigenvalue weighted by atomic mass is 9.84. The van der Waals surface area contributed by atoms with Crippen molar-refractivity contribution in [1.29, 1.82) is 0 Å². The Hall–Kier alpha value is -3.65. The number of aryl methyl sites for hydroxylation is 2. The van der Waals surface area contributed by atoms with E-state index >= 15 is 0 Å². The summed E-state index contributed by atoms with van der Waals surface area (Å²) >= 11 is 0. The molecule has 3 unspecified atom stereocenters. The molecule has 6 nitrogen and oxygen atoms in total. The zero-order valence-corrected chi connectivity index (χ0v) is 23.2. The largest absolute Gasteiger partial charge is 0.453 e. The van der Waals surface area contributed by atoms with Gasteiger partial charge in [0.05, 0.1) is 24.4 Å². The minimum Gasteiger partial charge on any atom is -0.453 e. The first-order chi connectivity index (χ1) is 20.5. The summed E-state index contributed by atoms with van der Waals surface area (Å²) in [5.74, 6) is -0.358. The molecule has 2 amide bonds. The van der Waals surface area contributed by atoms with Crippen LogP contribution in [-0.2, 0) is 28.5 Å². The van der Waals surface area contributed by atoms with Crippen molar-refractivity contribution >= 4 is 17.9 Å². The number of fused-ring (bicyclic) bond motifs is 2. The molecule has 0 radical (unpaired) electrons. The summed E-state index contributed by atoms with van der Waals surface area (Å²) in [6.07, 6.45) is -16.2. The van der Waals surface area contributed by atoms with Crippen molar-refractivity contribution in [1.82, 2.24) is 4.90 Å². The summed E-state index contributed by atoms with van der Waals surface area (Å²) in [6.45, 7) is -1.90. The monoisotopic (exact) mass is 638 g/mol. The molecule has 5 rings (SSSR count). The minimum absolute atomic E-state index is 0.0318. The Kier molecular flexibility index (Phi) is 8.21. The van der Waals surface area contributed by atoms with Crippen LogP contribution < -0.4 is 4.90 Å². The quantitative estimate of drug-likeness (QED) is 0.310. The molecule has 0 N–H and O–H groups in total. The number of anilines is 1. The second-order valence-corrected chi connectivity index (χ2v) is 11.1. The van der Waals surface area contributed by atoms with E-state index in [4.69, 9.17) is 4.74 Å². The number of hydrogen-bond donors (Lipinski definition) is 0. The third kappa shape index (κ3) is 6.27. The zero-order valence-electron chi connectivity index (χ0n) is 23.2. The van der Waals surface area contributed by atoms with Crippen LogP contribution in [-0.4, -0.2) is 49.2 Å². The fourth-order valence-electron chi connectivity index (χ4n) is 6.34. The Morgan fingerprint density at radius 3 is 2.18 bits per heavy atom. The smallest absolute Gasteiger partial charge is 0.422 e. The molecule has 0 aromatic heterocycles. The summed E-state index contributed by atoms with van der Waals surface area (Å²) in [7, 11) is 0.796. The molecule has 240 valence electrons. The highest BCUT2D eigenvalue weighted by atomic mass is 19.4. The predicted molar refractivity (Wildman–Crippen MR) is 137 cm³/mol. The van der Waals surface area contributed by atoms with Gasteiger partial charge in [-0.25, -0.2) is 9.59 Å². The topological polar surface area (TPSA) is 59.1 Å². The first-order valence-electron chi connectivity index (χ1n) is 13.8. The van der Waals surface area contributed by atoms with Gasteiger partial charge < -0.3 is 9.47 Å². The van der Waals surface area contributed by atoms with Gasteiger partial charge in [0.25, 0.3) is 0 Å². The fourth-order valence-corrected chi connectivity index (χ4v) is 6.34. The molecular weight excluding hydrogens is 611 g/mol. The summed E-state index contributed by atoms with van der Waals surface area (Å²) in [5, 5.41) is 0. The van der Waals surface area contributed by atoms with E-state index in [2.05, 4.69) is 4.74 Å². The van der Waals surface area contributed by atoms with Crippen molar-refractivity contribution in [2.24, 2.45) is 5.92 Å². The van der Waals surface area contributed by atoms with Gasteiger partial charge in [-0.1, -0.05) is 24.3 Å². The summed E-state index contributed by atoms with van der Waals surface area (Å²) in [5.41, 5.74) is -1.51. The van der Waals surface area contributed by atoms with Crippen LogP contribution in [0.2, 0.25) is 0 Å². The molecule has 3 aliphatic rings. The SMILES string of the molecule is COC(=O)N(C1CC(C2CC2)N(C(=O)OCC(F)(F)F)c2cc3c(cc21)CCC3)C(c1ccccc1C(F)(F)F)C(F)(F)F. The highest BCUT2D eigenvalue weighted by Crippen LogP contribution is 2.54. The number of nitrogens with zero attached hydrogens (tertiary/aromatic N) is 2. The van der Waals surface area contributed by atoms with E-state index in [1.807, 2.05) is 0 Å². The van der Waals surface area contributed by atoms with Crippen molar-refractivity contribution in [2.75, 3.05) is 18.6 Å². The van der Waals surface area contributed by atoms with Crippen LogP contribution in [0.1, 0.15) is 65.6 Å². The Morgan fingerprint density at radius 1 is 0.977 bits per heavy atom. The maximum atomic E-state index is 14.9. The maximum absolute atomic E-state index is 14.9. The van der Waals surface area contributed by atoms with Crippen molar-refractivity contribution in [2.45, 2.75) is 75.2 Å². The van der Waals surface area contributed by atoms with E-state index < -0.39 is 73.0 Å². The van der Waals surface area contributed by atoms with Crippen LogP contribution in [0.4, 0.5) is 54.8 Å². The van der Waals surface area contributed by atoms with E-state index in [0.29, 0.717) is 55.4 Å². The molecule has 0 spiro atoms. The standard InChI is InChI=1S/C29H27F9N2O4/c1-43-25(41)40(24(29(36,37)38)18-7-2-3-8-20(18)28(33,34)35)23-13-21(15-9-10-15)39(26(42)44-14-27(30,31)32)22-12-17-6-4-5-16(17)11-19(22)23/h2-3,7-8,11-12,15,21,23-24H,4-6,9-10,13-14H2,1H3. The summed E-state index contributed by atoms with van der Waals surface area (Å²) in [6, 6.07) is 0.326. The number of amides is 2. The number of ether oxygens (including phenoxy) is 2. The number of halogens is 9. The molecule has 1 aliphatic heterocycles. The van der Waals surface area contributed by atoms with Crippen LogP contribution in [0, 0.1) is 5.92 Å². The normalized spacial score (nSPS) is 20.9. The maximum Gasteiger partial charge on any atom is 0.422 e. The van der Waals surface area contributed by atoms with Gasteiger partial charge in [0.2, 0.25) is 0 Å². The van der Waals surface area contributed by atoms with Gasteiger partial charge in [-0.15, -0.1) is 0 Å². The van der Waals surface area contributed by atoms with Crippen molar-refractivity contribution in [3.63, 3.8) is 0 Å². The van der Waals surface area contributed by atoms with Crippen LogP contribution in [0.5, 0.6) is 0 Å². The number of rotatable bonds is 5. The average Bonchev–Trinajstić information content (AvgIpc) is 3.68. The lowest BCUT2D eigenvalue weighted by Gasteiger charge is -2.46. The van der Waals surface area contributed by atoms with Crippen LogP contribution >= 0.6 is 0 Å². The summed E-state index contributed by atoms with van der Waals surface area (Å²) in [4.78, 5) is 27.7. The molecule has 3 atom stereocenters. The molecule has 0 bridgehead atoms. The van der Waals surface area contributed by atoms with E-state index in [9.17, 15) is 49.1 Å². The van der Waals surface area contributed by atoms with Crippen molar-refractivity contribution in [3.05, 3.63) is 64.2 Å². The third-order valence-electron chi connectivity index (χ3n) is 8.25. The summed E-state index contributed by atoms with van der Waals surface area (Å²) < 4.78 is 135. The van der Waals surface area contributed by atoms with Crippen LogP contribution in [0.3, 0.4) is 0 Å². The molecule has 1 heterocycles. The first-order valence-corrected chi connectivity index (χ1v) is 13.8. The number of hydrogen-bond acceptors (Lipinski definition) is 4. The number of methoxy groups -OCH3 is 1. The highest BCUT2D eigenvalue weighted by molar-refractivity contribution is 5.91. The second-order valence-electron chi connectivity index (χ2n) is 11.1. The fraction of sp³-hybridized carbons (Fsp3) is 0.517. The number of benzene rings is 2. The average molecular weight is 639 g/mol. The first kappa shape index (κ1) is 31.8. The molecule has 1 saturated carbocycles. The lowest BCUT2D eigenvalue weighted by molar-refractivity contribution is -0.190. The Labute approximate surface area is 245 Å². The van der Waals surface area contributed by atoms with Gasteiger partial charge in [0.1, 0.15) is 0 Å². The Balaban J connectivity index is 1.71. The highest BCUT2D eigenvalue weighted by Gasteiger charge is 2.55. The van der Waals surface area contributed by atoms with E-state index in [1.54, 1.807) is 0 Å². The molecule has 44 heavy (non-hydrogen) atoms.